The van der Waals surface area contributed by atoms with Crippen LogP contribution in [0.3, 0.4) is 0 Å². The molecule has 0 unspecified atom stereocenters. The number of halogens is 3. The predicted octanol–water partition coefficient (Wildman–Crippen LogP) is 3.17. The Bertz CT molecular complexity index is 832. The number of hydrazone groups is 1. The molecular weight excluding hydrogens is 393 g/mol. The van der Waals surface area contributed by atoms with Crippen LogP contribution in [-0.2, 0) is 15.7 Å². The number of carbonyl (C=O) groups is 1. The fourth-order valence-electron chi connectivity index (χ4n) is 2.56. The lowest BCUT2D eigenvalue weighted by Gasteiger charge is -2.27. The predicted molar refractivity (Wildman–Crippen MR) is 103 cm³/mol. The Hall–Kier alpha value is -2.59. The SMILES string of the molecule is O=C(CNc1cccc(C(F)(F)F)c1)N/N=C\c1ccc(N2CCOCC2)s1. The highest BCUT2D eigenvalue weighted by atomic mass is 32.1. The summed E-state index contributed by atoms with van der Waals surface area (Å²) in [5, 5.41) is 7.66. The van der Waals surface area contributed by atoms with Gasteiger partial charge < -0.3 is 15.0 Å². The maximum Gasteiger partial charge on any atom is 0.416 e. The number of benzene rings is 1. The minimum atomic E-state index is -4.43. The topological polar surface area (TPSA) is 66.0 Å². The fraction of sp³-hybridized carbons (Fsp3) is 0.333. The molecule has 0 radical (unpaired) electrons. The van der Waals surface area contributed by atoms with Crippen molar-refractivity contribution < 1.29 is 22.7 Å². The summed E-state index contributed by atoms with van der Waals surface area (Å²) in [6.07, 6.45) is -2.89. The number of ether oxygens (including phenoxy) is 1. The van der Waals surface area contributed by atoms with E-state index in [9.17, 15) is 18.0 Å². The standard InChI is InChI=1S/C18H19F3N4O2S/c19-18(20,21)13-2-1-3-14(10-13)22-12-16(26)24-23-11-15-4-5-17(28-15)25-6-8-27-9-7-25/h1-5,10-11,22H,6-9,12H2,(H,24,26)/b23-11-. The Labute approximate surface area is 164 Å². The average Bonchev–Trinajstić information content (AvgIpc) is 3.16. The third kappa shape index (κ3) is 5.70. The molecule has 1 fully saturated rings. The van der Waals surface area contributed by atoms with Gasteiger partial charge in [0.2, 0.25) is 0 Å². The molecule has 28 heavy (non-hydrogen) atoms. The maximum atomic E-state index is 12.7. The maximum absolute atomic E-state index is 12.7. The van der Waals surface area contributed by atoms with Crippen LogP contribution in [-0.4, -0.2) is 45.0 Å². The summed E-state index contributed by atoms with van der Waals surface area (Å²) in [7, 11) is 0. The number of alkyl halides is 3. The molecule has 6 nitrogen and oxygen atoms in total. The first kappa shape index (κ1) is 20.2. The number of morpholine rings is 1. The van der Waals surface area contributed by atoms with Crippen LogP contribution in [0.4, 0.5) is 23.9 Å². The molecule has 1 amide bonds. The highest BCUT2D eigenvalue weighted by Gasteiger charge is 2.30. The number of rotatable bonds is 6. The number of thiophene rings is 1. The third-order valence-electron chi connectivity index (χ3n) is 3.96. The van der Waals surface area contributed by atoms with Crippen LogP contribution in [0, 0.1) is 0 Å². The van der Waals surface area contributed by atoms with Crippen molar-refractivity contribution in [3.05, 3.63) is 46.8 Å². The molecule has 2 heterocycles. The van der Waals surface area contributed by atoms with Crippen molar-refractivity contribution in [1.29, 1.82) is 0 Å². The van der Waals surface area contributed by atoms with Crippen LogP contribution in [0.5, 0.6) is 0 Å². The van der Waals surface area contributed by atoms with Crippen LogP contribution in [0.2, 0.25) is 0 Å². The van der Waals surface area contributed by atoms with Gasteiger partial charge in [0.1, 0.15) is 0 Å². The number of nitrogens with zero attached hydrogens (tertiary/aromatic N) is 2. The Morgan fingerprint density at radius 2 is 2.04 bits per heavy atom. The van der Waals surface area contributed by atoms with E-state index in [-0.39, 0.29) is 12.2 Å². The second-order valence-corrected chi connectivity index (χ2v) is 7.09. The molecule has 3 rings (SSSR count). The number of hydrogen-bond acceptors (Lipinski definition) is 6. The van der Waals surface area contributed by atoms with Gasteiger partial charge in [-0.2, -0.15) is 18.3 Å². The number of nitrogens with one attached hydrogen (secondary N) is 2. The lowest BCUT2D eigenvalue weighted by atomic mass is 10.2. The van der Waals surface area contributed by atoms with E-state index in [0.29, 0.717) is 13.2 Å². The van der Waals surface area contributed by atoms with Crippen LogP contribution in [0.1, 0.15) is 10.4 Å². The molecule has 1 aromatic carbocycles. The lowest BCUT2D eigenvalue weighted by molar-refractivity contribution is -0.137. The van der Waals surface area contributed by atoms with Gasteiger partial charge >= 0.3 is 6.18 Å². The van der Waals surface area contributed by atoms with Gasteiger partial charge in [-0.25, -0.2) is 5.43 Å². The zero-order chi connectivity index (χ0) is 20.0. The molecular formula is C18H19F3N4O2S. The van der Waals surface area contributed by atoms with Gasteiger partial charge in [-0.05, 0) is 30.3 Å². The molecule has 1 saturated heterocycles. The van der Waals surface area contributed by atoms with Gasteiger partial charge in [-0.15, -0.1) is 11.3 Å². The average molecular weight is 412 g/mol. The van der Waals surface area contributed by atoms with E-state index < -0.39 is 17.6 Å². The molecule has 0 bridgehead atoms. The number of amides is 1. The third-order valence-corrected chi connectivity index (χ3v) is 5.04. The summed E-state index contributed by atoms with van der Waals surface area (Å²) in [6.45, 7) is 2.90. The van der Waals surface area contributed by atoms with E-state index in [2.05, 4.69) is 20.7 Å². The first-order valence-electron chi connectivity index (χ1n) is 8.57. The number of anilines is 2. The molecule has 1 aliphatic heterocycles. The second kappa shape index (κ2) is 9.07. The summed E-state index contributed by atoms with van der Waals surface area (Å²) in [5.74, 6) is -0.460. The van der Waals surface area contributed by atoms with E-state index in [1.54, 1.807) is 11.3 Å². The first-order chi connectivity index (χ1) is 13.4. The van der Waals surface area contributed by atoms with E-state index >= 15 is 0 Å². The normalized spacial score (nSPS) is 15.0. The molecule has 10 heteroatoms. The van der Waals surface area contributed by atoms with Crippen molar-refractivity contribution in [1.82, 2.24) is 5.43 Å². The van der Waals surface area contributed by atoms with Gasteiger partial charge in [-0.1, -0.05) is 6.07 Å². The van der Waals surface area contributed by atoms with Crippen LogP contribution >= 0.6 is 11.3 Å². The van der Waals surface area contributed by atoms with Crippen molar-refractivity contribution in [3.63, 3.8) is 0 Å². The van der Waals surface area contributed by atoms with Crippen LogP contribution in [0.25, 0.3) is 0 Å². The Morgan fingerprint density at radius 1 is 1.25 bits per heavy atom. The molecule has 2 aromatic rings. The Balaban J connectivity index is 1.46. The molecule has 2 N–H and O–H groups in total. The number of hydrogen-bond donors (Lipinski definition) is 2. The molecule has 150 valence electrons. The van der Waals surface area contributed by atoms with E-state index in [1.165, 1.54) is 18.3 Å². The van der Waals surface area contributed by atoms with Gasteiger partial charge in [0, 0.05) is 23.7 Å². The van der Waals surface area contributed by atoms with E-state index in [0.717, 1.165) is 35.1 Å². The molecule has 0 atom stereocenters. The van der Waals surface area contributed by atoms with E-state index in [1.807, 2.05) is 12.1 Å². The monoisotopic (exact) mass is 412 g/mol. The first-order valence-corrected chi connectivity index (χ1v) is 9.39. The van der Waals surface area contributed by atoms with Crippen molar-refractivity contribution in [2.75, 3.05) is 43.1 Å². The van der Waals surface area contributed by atoms with Crippen LogP contribution in [0.15, 0.2) is 41.5 Å². The van der Waals surface area contributed by atoms with Crippen molar-refractivity contribution in [2.24, 2.45) is 5.10 Å². The molecule has 1 aromatic heterocycles. The Morgan fingerprint density at radius 3 is 2.79 bits per heavy atom. The molecule has 1 aliphatic rings. The van der Waals surface area contributed by atoms with Crippen LogP contribution < -0.4 is 15.6 Å². The zero-order valence-corrected chi connectivity index (χ0v) is 15.6. The zero-order valence-electron chi connectivity index (χ0n) is 14.8. The van der Waals surface area contributed by atoms with Gasteiger partial charge in [0.05, 0.1) is 36.5 Å². The van der Waals surface area contributed by atoms with E-state index in [4.69, 9.17) is 4.74 Å². The minimum absolute atomic E-state index is 0.192. The largest absolute Gasteiger partial charge is 0.416 e. The molecule has 0 aliphatic carbocycles. The minimum Gasteiger partial charge on any atom is -0.378 e. The quantitative estimate of drug-likeness (QED) is 0.565. The van der Waals surface area contributed by atoms with Crippen molar-refractivity contribution in [3.8, 4) is 0 Å². The fourth-order valence-corrected chi connectivity index (χ4v) is 3.49. The summed E-state index contributed by atoms with van der Waals surface area (Å²) >= 11 is 1.55. The van der Waals surface area contributed by atoms with Gasteiger partial charge in [0.15, 0.2) is 0 Å². The lowest BCUT2D eigenvalue weighted by Crippen LogP contribution is -2.35. The summed E-state index contributed by atoms with van der Waals surface area (Å²) in [5.41, 5.74) is 1.79. The molecule has 0 spiro atoms. The number of carbonyl (C=O) groups excluding carboxylic acids is 1. The van der Waals surface area contributed by atoms with Crippen molar-refractivity contribution in [2.45, 2.75) is 6.18 Å². The van der Waals surface area contributed by atoms with Gasteiger partial charge in [0.25, 0.3) is 5.91 Å². The summed E-state index contributed by atoms with van der Waals surface area (Å²) in [4.78, 5) is 14.9. The molecule has 0 saturated carbocycles. The highest BCUT2D eigenvalue weighted by molar-refractivity contribution is 7.17. The van der Waals surface area contributed by atoms with Gasteiger partial charge in [-0.3, -0.25) is 4.79 Å². The highest BCUT2D eigenvalue weighted by Crippen LogP contribution is 2.30. The van der Waals surface area contributed by atoms with Crippen molar-refractivity contribution >= 4 is 34.1 Å². The Kier molecular flexibility index (Phi) is 6.53. The summed E-state index contributed by atoms with van der Waals surface area (Å²) in [6, 6.07) is 8.58. The smallest absolute Gasteiger partial charge is 0.378 e. The summed E-state index contributed by atoms with van der Waals surface area (Å²) < 4.78 is 43.4. The second-order valence-electron chi connectivity index (χ2n) is 6.00.